The van der Waals surface area contributed by atoms with Crippen molar-refractivity contribution < 1.29 is 14.6 Å². The van der Waals surface area contributed by atoms with E-state index in [2.05, 4.69) is 10.6 Å². The molecule has 0 aliphatic heterocycles. The number of ether oxygens (including phenoxy) is 1. The molecule has 0 fully saturated rings. The molecule has 3 N–H and O–H groups in total. The van der Waals surface area contributed by atoms with Crippen molar-refractivity contribution in [2.45, 2.75) is 32.9 Å². The highest BCUT2D eigenvalue weighted by atomic mass is 35.5. The predicted molar refractivity (Wildman–Crippen MR) is 87.1 cm³/mol. The zero-order valence-electron chi connectivity index (χ0n) is 12.9. The van der Waals surface area contributed by atoms with Gasteiger partial charge in [-0.1, -0.05) is 19.9 Å². The molecule has 122 valence electrons. The zero-order valence-corrected chi connectivity index (χ0v) is 13.7. The topological polar surface area (TPSA) is 94.4 Å². The number of anilines is 1. The molecule has 1 atom stereocenters. The summed E-state index contributed by atoms with van der Waals surface area (Å²) in [5.74, 6) is 0. The van der Waals surface area contributed by atoms with E-state index in [1.807, 2.05) is 19.9 Å². The summed E-state index contributed by atoms with van der Waals surface area (Å²) in [5, 5.41) is 24.8. The fourth-order valence-corrected chi connectivity index (χ4v) is 1.71. The number of carbonyl (C=O) groups is 1. The molecule has 0 aliphatic carbocycles. The Kier molecular flexibility index (Phi) is 9.18. The van der Waals surface area contributed by atoms with Gasteiger partial charge in [0.05, 0.1) is 24.0 Å². The van der Waals surface area contributed by atoms with E-state index in [0.29, 0.717) is 17.8 Å². The fourth-order valence-electron chi connectivity index (χ4n) is 1.71. The summed E-state index contributed by atoms with van der Waals surface area (Å²) in [4.78, 5) is 11.4. The largest absolute Gasteiger partial charge is 0.450 e. The van der Waals surface area contributed by atoms with Gasteiger partial charge < -0.3 is 15.2 Å². The number of nitrogens with one attached hydrogen (secondary N) is 2. The average Bonchev–Trinajstić information content (AvgIpc) is 2.45. The molecular weight excluding hydrogens is 306 g/mol. The molecule has 1 unspecified atom stereocenters. The van der Waals surface area contributed by atoms with Gasteiger partial charge in [-0.2, -0.15) is 5.26 Å². The Bertz CT molecular complexity index is 529. The number of aliphatic hydroxyl groups excluding tert-OH is 1. The summed E-state index contributed by atoms with van der Waals surface area (Å²) in [6.45, 7) is 6.32. The third-order valence-corrected chi connectivity index (χ3v) is 2.78. The quantitative estimate of drug-likeness (QED) is 0.746. The van der Waals surface area contributed by atoms with Crippen molar-refractivity contribution in [1.82, 2.24) is 5.32 Å². The van der Waals surface area contributed by atoms with Gasteiger partial charge in [-0.15, -0.1) is 12.4 Å². The molecule has 1 amide bonds. The maximum Gasteiger partial charge on any atom is 0.411 e. The van der Waals surface area contributed by atoms with Crippen LogP contribution in [0.3, 0.4) is 0 Å². The van der Waals surface area contributed by atoms with E-state index in [-0.39, 0.29) is 30.6 Å². The van der Waals surface area contributed by atoms with Crippen LogP contribution >= 0.6 is 12.4 Å². The first-order valence-electron chi connectivity index (χ1n) is 6.87. The minimum atomic E-state index is -0.712. The number of halogens is 1. The number of benzene rings is 1. The molecule has 0 radical (unpaired) electrons. The molecular formula is C15H22ClN3O3. The first-order valence-corrected chi connectivity index (χ1v) is 6.87. The van der Waals surface area contributed by atoms with Gasteiger partial charge in [0.2, 0.25) is 0 Å². The number of hydrogen-bond donors (Lipinski definition) is 3. The van der Waals surface area contributed by atoms with Gasteiger partial charge >= 0.3 is 6.09 Å². The van der Waals surface area contributed by atoms with Crippen LogP contribution in [0.4, 0.5) is 10.5 Å². The fraction of sp³-hybridized carbons (Fsp3) is 0.467. The predicted octanol–water partition coefficient (Wildman–Crippen LogP) is 2.58. The van der Waals surface area contributed by atoms with Crippen LogP contribution in [0.25, 0.3) is 0 Å². The van der Waals surface area contributed by atoms with Crippen LogP contribution in [0.1, 0.15) is 38.0 Å². The van der Waals surface area contributed by atoms with E-state index >= 15 is 0 Å². The first kappa shape index (κ1) is 20.2. The van der Waals surface area contributed by atoms with E-state index in [1.165, 1.54) is 0 Å². The van der Waals surface area contributed by atoms with E-state index in [9.17, 15) is 9.90 Å². The third kappa shape index (κ3) is 6.31. The molecule has 6 nitrogen and oxygen atoms in total. The Balaban J connectivity index is 0.00000441. The lowest BCUT2D eigenvalue weighted by Crippen LogP contribution is -2.28. The highest BCUT2D eigenvalue weighted by molar-refractivity contribution is 5.86. The lowest BCUT2D eigenvalue weighted by atomic mass is 10.0. The SMILES string of the molecule is CCOC(=O)Nc1ccc(C(O)CNC(C)C)cc1C#N.Cl. The number of nitriles is 1. The van der Waals surface area contributed by atoms with Crippen molar-refractivity contribution in [2.24, 2.45) is 0 Å². The van der Waals surface area contributed by atoms with Crippen LogP contribution in [-0.2, 0) is 4.74 Å². The van der Waals surface area contributed by atoms with E-state index in [1.54, 1.807) is 25.1 Å². The minimum Gasteiger partial charge on any atom is -0.450 e. The van der Waals surface area contributed by atoms with Crippen molar-refractivity contribution in [3.8, 4) is 6.07 Å². The van der Waals surface area contributed by atoms with Crippen molar-refractivity contribution in [3.63, 3.8) is 0 Å². The van der Waals surface area contributed by atoms with Gasteiger partial charge in [0.1, 0.15) is 6.07 Å². The van der Waals surface area contributed by atoms with Crippen LogP contribution < -0.4 is 10.6 Å². The highest BCUT2D eigenvalue weighted by Gasteiger charge is 2.13. The number of carbonyl (C=O) groups excluding carboxylic acids is 1. The second kappa shape index (κ2) is 10.0. The van der Waals surface area contributed by atoms with Crippen molar-refractivity contribution >= 4 is 24.2 Å². The van der Waals surface area contributed by atoms with Gasteiger partial charge in [0.15, 0.2) is 0 Å². The van der Waals surface area contributed by atoms with Gasteiger partial charge in [-0.05, 0) is 24.6 Å². The average molecular weight is 328 g/mol. The minimum absolute atomic E-state index is 0. The summed E-state index contributed by atoms with van der Waals surface area (Å²) >= 11 is 0. The molecule has 0 bridgehead atoms. The third-order valence-electron chi connectivity index (χ3n) is 2.78. The Labute approximate surface area is 136 Å². The van der Waals surface area contributed by atoms with Gasteiger partial charge in [0.25, 0.3) is 0 Å². The second-order valence-corrected chi connectivity index (χ2v) is 4.84. The Morgan fingerprint density at radius 2 is 2.14 bits per heavy atom. The smallest absolute Gasteiger partial charge is 0.411 e. The Hall–Kier alpha value is -1.81. The molecule has 0 saturated heterocycles. The molecule has 0 aliphatic rings. The number of amides is 1. The Morgan fingerprint density at radius 3 is 2.68 bits per heavy atom. The summed E-state index contributed by atoms with van der Waals surface area (Å²) < 4.78 is 4.77. The van der Waals surface area contributed by atoms with Gasteiger partial charge in [0, 0.05) is 12.6 Å². The normalized spacial score (nSPS) is 11.3. The summed E-state index contributed by atoms with van der Waals surface area (Å²) in [6, 6.07) is 7.09. The molecule has 0 saturated carbocycles. The number of hydrogen-bond acceptors (Lipinski definition) is 5. The molecule has 1 rings (SSSR count). The van der Waals surface area contributed by atoms with Crippen LogP contribution in [0, 0.1) is 11.3 Å². The van der Waals surface area contributed by atoms with Crippen molar-refractivity contribution in [2.75, 3.05) is 18.5 Å². The monoisotopic (exact) mass is 327 g/mol. The van der Waals surface area contributed by atoms with E-state index < -0.39 is 12.2 Å². The maximum absolute atomic E-state index is 11.4. The molecule has 0 heterocycles. The van der Waals surface area contributed by atoms with Crippen molar-refractivity contribution in [1.29, 1.82) is 5.26 Å². The second-order valence-electron chi connectivity index (χ2n) is 4.84. The molecule has 1 aromatic rings. The van der Waals surface area contributed by atoms with E-state index in [0.717, 1.165) is 0 Å². The van der Waals surface area contributed by atoms with Crippen LogP contribution in [0.15, 0.2) is 18.2 Å². The lowest BCUT2D eigenvalue weighted by molar-refractivity contribution is 0.168. The summed E-state index contributed by atoms with van der Waals surface area (Å²) in [7, 11) is 0. The lowest BCUT2D eigenvalue weighted by Gasteiger charge is -2.15. The Morgan fingerprint density at radius 1 is 1.45 bits per heavy atom. The number of rotatable bonds is 6. The standard InChI is InChI=1S/C15H21N3O3.ClH/c1-4-21-15(20)18-13-6-5-11(7-12(13)8-16)14(19)9-17-10(2)3;/h5-7,10,14,17,19H,4,9H2,1-3H3,(H,18,20);1H. The summed E-state index contributed by atoms with van der Waals surface area (Å²) in [5.41, 5.74) is 1.27. The van der Waals surface area contributed by atoms with Crippen LogP contribution in [0.2, 0.25) is 0 Å². The van der Waals surface area contributed by atoms with Crippen LogP contribution in [-0.4, -0.2) is 30.4 Å². The maximum atomic E-state index is 11.4. The number of nitrogens with zero attached hydrogens (tertiary/aromatic N) is 1. The molecule has 0 aromatic heterocycles. The van der Waals surface area contributed by atoms with Gasteiger partial charge in [-0.3, -0.25) is 5.32 Å². The molecule has 0 spiro atoms. The first-order chi connectivity index (χ1) is 9.97. The summed E-state index contributed by atoms with van der Waals surface area (Å²) in [6.07, 6.45) is -1.32. The van der Waals surface area contributed by atoms with Crippen molar-refractivity contribution in [3.05, 3.63) is 29.3 Å². The molecule has 7 heteroatoms. The van der Waals surface area contributed by atoms with E-state index in [4.69, 9.17) is 10.00 Å². The number of aliphatic hydroxyl groups is 1. The molecule has 1 aromatic carbocycles. The van der Waals surface area contributed by atoms with Crippen LogP contribution in [0.5, 0.6) is 0 Å². The zero-order chi connectivity index (χ0) is 15.8. The molecule has 22 heavy (non-hydrogen) atoms. The van der Waals surface area contributed by atoms with Gasteiger partial charge in [-0.25, -0.2) is 4.79 Å². The highest BCUT2D eigenvalue weighted by Crippen LogP contribution is 2.21.